The average molecular weight is 1050 g/mol. The molecule has 2 unspecified atom stereocenters. The molecule has 0 fully saturated rings. The van der Waals surface area contributed by atoms with Crippen LogP contribution in [0.4, 0.5) is 0 Å². The molecule has 76 heavy (non-hydrogen) atoms. The van der Waals surface area contributed by atoms with E-state index in [-0.39, 0.29) is 62.6 Å². The van der Waals surface area contributed by atoms with Crippen LogP contribution in [0.5, 0.6) is 46.0 Å². The summed E-state index contributed by atoms with van der Waals surface area (Å²) in [7, 11) is 0. The lowest BCUT2D eigenvalue weighted by Gasteiger charge is -2.36. The molecule has 0 spiro atoms. The zero-order valence-electron chi connectivity index (χ0n) is 42.2. The Labute approximate surface area is 454 Å². The Kier molecular flexibility index (Phi) is 13.6. The molecule has 0 saturated carbocycles. The van der Waals surface area contributed by atoms with Crippen molar-refractivity contribution in [1.82, 2.24) is 0 Å². The number of hydrogen-bond donors (Lipinski definition) is 0. The Bertz CT molecular complexity index is 3210. The Hall–Kier alpha value is -7.26. The topological polar surface area (TPSA) is 73.8 Å². The third-order valence-electron chi connectivity index (χ3n) is 16.3. The van der Waals surface area contributed by atoms with Gasteiger partial charge in [-0.15, -0.1) is 23.2 Å². The first-order valence-electron chi connectivity index (χ1n) is 26.6. The number of hydrogen-bond acceptors (Lipinski definition) is 8. The third-order valence-corrected chi connectivity index (χ3v) is 16.8. The fraction of sp³-hybridized carbons (Fsp3) is 0.273. The van der Waals surface area contributed by atoms with Gasteiger partial charge in [-0.1, -0.05) is 121 Å². The molecule has 4 aliphatic heterocycles. The van der Waals surface area contributed by atoms with Gasteiger partial charge in [-0.25, -0.2) is 0 Å². The van der Waals surface area contributed by atoms with Gasteiger partial charge in [-0.05, 0) is 97.9 Å². The molecule has 10 heteroatoms. The van der Waals surface area contributed by atoms with Crippen LogP contribution in [0, 0.1) is 0 Å². The van der Waals surface area contributed by atoms with Crippen LogP contribution >= 0.6 is 23.2 Å². The largest absolute Gasteiger partial charge is 0.457 e. The van der Waals surface area contributed by atoms with Crippen LogP contribution in [-0.4, -0.2) is 27.2 Å². The zero-order valence-corrected chi connectivity index (χ0v) is 43.8. The number of benzene rings is 8. The molecule has 384 valence electrons. The molecule has 8 bridgehead atoms. The van der Waals surface area contributed by atoms with Gasteiger partial charge in [0.25, 0.3) is 0 Å². The fourth-order valence-electron chi connectivity index (χ4n) is 12.6. The lowest BCUT2D eigenvalue weighted by molar-refractivity contribution is 0.0968. The van der Waals surface area contributed by atoms with Gasteiger partial charge in [0.2, 0.25) is 27.2 Å². The minimum Gasteiger partial charge on any atom is -0.457 e. The first-order chi connectivity index (χ1) is 37.6. The van der Waals surface area contributed by atoms with Crippen molar-refractivity contribution in [3.05, 3.63) is 236 Å². The van der Waals surface area contributed by atoms with Crippen molar-refractivity contribution >= 4 is 23.2 Å². The summed E-state index contributed by atoms with van der Waals surface area (Å²) in [4.78, 5) is 0. The van der Waals surface area contributed by atoms with Gasteiger partial charge in [-0.2, -0.15) is 0 Å². The molecule has 0 amide bonds. The van der Waals surface area contributed by atoms with Gasteiger partial charge in [0.1, 0.15) is 46.0 Å². The zero-order chi connectivity index (χ0) is 51.0. The number of halogens is 2. The van der Waals surface area contributed by atoms with E-state index in [2.05, 4.69) is 158 Å². The molecule has 1 aliphatic carbocycles. The van der Waals surface area contributed by atoms with Crippen molar-refractivity contribution < 1.29 is 37.9 Å². The standard InChI is InChI=1S/C66H58Cl2O8/c67-35-57-63-53-31-55-48(28-24-44-19-11-4-12-20-44)56-32-54-47(27-23-43-17-9-3-10-18-43)52-30-50-45(25-21-41-13-5-1-6-14-41)49-29-51(46(53)26-22-42-15-7-2-8-16-42)61(71-38-73-63)33-59(49)69-37-70-60(50)34-62(52)72-39-74-64(54)58(36-68)66(56)76-40-75-65(55)57/h1-20,29-34,45-48H,21-28,35-40H2. The highest BCUT2D eigenvalue weighted by molar-refractivity contribution is 6.18. The number of ether oxygens (including phenoxy) is 8. The van der Waals surface area contributed by atoms with Crippen molar-refractivity contribution in [3.63, 3.8) is 0 Å². The van der Waals surface area contributed by atoms with Crippen molar-refractivity contribution in [1.29, 1.82) is 0 Å². The lowest BCUT2D eigenvalue weighted by Crippen LogP contribution is -2.24. The van der Waals surface area contributed by atoms with Crippen molar-refractivity contribution in [3.8, 4) is 46.0 Å². The molecule has 13 rings (SSSR count). The quantitative estimate of drug-likeness (QED) is 0.0998. The second kappa shape index (κ2) is 21.4. The minimum absolute atomic E-state index is 0.0165. The van der Waals surface area contributed by atoms with E-state index in [1.165, 1.54) is 22.3 Å². The molecule has 2 atom stereocenters. The second-order valence-corrected chi connectivity index (χ2v) is 21.0. The number of aryl methyl sites for hydroxylation is 4. The van der Waals surface area contributed by atoms with Gasteiger partial charge in [0, 0.05) is 80.3 Å². The first kappa shape index (κ1) is 48.4. The summed E-state index contributed by atoms with van der Waals surface area (Å²) >= 11 is 14.5. The monoisotopic (exact) mass is 1050 g/mol. The van der Waals surface area contributed by atoms with Gasteiger partial charge < -0.3 is 37.9 Å². The highest BCUT2D eigenvalue weighted by Gasteiger charge is 2.40. The summed E-state index contributed by atoms with van der Waals surface area (Å²) in [6, 6.07) is 56.5. The molecule has 8 aromatic rings. The first-order valence-corrected chi connectivity index (χ1v) is 27.7. The van der Waals surface area contributed by atoms with Crippen LogP contribution in [-0.2, 0) is 37.4 Å². The van der Waals surface area contributed by atoms with Crippen LogP contribution in [0.3, 0.4) is 0 Å². The molecular weight excluding hydrogens is 992 g/mol. The van der Waals surface area contributed by atoms with Gasteiger partial charge in [-0.3, -0.25) is 0 Å². The fourth-order valence-corrected chi connectivity index (χ4v) is 13.1. The van der Waals surface area contributed by atoms with Gasteiger partial charge in [0.15, 0.2) is 0 Å². The second-order valence-electron chi connectivity index (χ2n) is 20.4. The van der Waals surface area contributed by atoms with Crippen LogP contribution in [0.15, 0.2) is 158 Å². The normalized spacial score (nSPS) is 18.2. The maximum absolute atomic E-state index is 7.25. The highest BCUT2D eigenvalue weighted by Crippen LogP contribution is 2.57. The smallest absolute Gasteiger partial charge is 0.230 e. The molecule has 5 aliphatic rings. The van der Waals surface area contributed by atoms with Crippen molar-refractivity contribution in [2.24, 2.45) is 0 Å². The highest BCUT2D eigenvalue weighted by atomic mass is 35.5. The van der Waals surface area contributed by atoms with Gasteiger partial charge in [0.05, 0.1) is 22.9 Å². The van der Waals surface area contributed by atoms with Crippen LogP contribution in [0.1, 0.15) is 127 Å². The SMILES string of the molecule is ClCc1c2c3cc4c1OCOc1c(cc5c(c1CCl)OCOc1cc6c(cc1C5CCc1ccccc1)C(CCc1ccccc1)c1cc(c(cc1OCO6)OCO2)C3CCc1ccccc1)C4CCc1ccccc1. The van der Waals surface area contributed by atoms with E-state index in [1.54, 1.807) is 0 Å². The average Bonchev–Trinajstić information content (AvgIpc) is 3.49. The van der Waals surface area contributed by atoms with E-state index in [4.69, 9.17) is 61.1 Å². The summed E-state index contributed by atoms with van der Waals surface area (Å²) in [6.07, 6.45) is 6.17. The van der Waals surface area contributed by atoms with E-state index >= 15 is 0 Å². The summed E-state index contributed by atoms with van der Waals surface area (Å²) < 4.78 is 54.5. The van der Waals surface area contributed by atoms with E-state index in [0.717, 1.165) is 107 Å². The van der Waals surface area contributed by atoms with Crippen molar-refractivity contribution in [2.45, 2.75) is 86.8 Å². The van der Waals surface area contributed by atoms with Crippen LogP contribution in [0.25, 0.3) is 0 Å². The van der Waals surface area contributed by atoms with E-state index in [0.29, 0.717) is 46.0 Å². The maximum atomic E-state index is 7.25. The molecular formula is C66H58Cl2O8. The maximum Gasteiger partial charge on any atom is 0.230 e. The molecule has 8 nitrogen and oxygen atoms in total. The minimum atomic E-state index is -0.254. The summed E-state index contributed by atoms with van der Waals surface area (Å²) in [6.45, 7) is -0.214. The summed E-state index contributed by atoms with van der Waals surface area (Å²) in [5.74, 6) is 4.93. The van der Waals surface area contributed by atoms with Crippen LogP contribution in [0.2, 0.25) is 0 Å². The molecule has 0 radical (unpaired) electrons. The Morgan fingerprint density at radius 2 is 0.526 bits per heavy atom. The number of alkyl halides is 2. The molecule has 0 saturated heterocycles. The van der Waals surface area contributed by atoms with E-state index < -0.39 is 0 Å². The van der Waals surface area contributed by atoms with Crippen molar-refractivity contribution in [2.75, 3.05) is 27.2 Å². The predicted molar refractivity (Wildman–Crippen MR) is 296 cm³/mol. The summed E-state index contributed by atoms with van der Waals surface area (Å²) in [5, 5.41) is 0. The van der Waals surface area contributed by atoms with Gasteiger partial charge >= 0.3 is 0 Å². The molecule has 8 aromatic carbocycles. The predicted octanol–water partition coefficient (Wildman–Crippen LogP) is 15.5. The molecule has 0 N–H and O–H groups in total. The Morgan fingerprint density at radius 3 is 0.816 bits per heavy atom. The third kappa shape index (κ3) is 9.23. The van der Waals surface area contributed by atoms with E-state index in [9.17, 15) is 0 Å². The Morgan fingerprint density at radius 1 is 0.289 bits per heavy atom. The number of rotatable bonds is 14. The van der Waals surface area contributed by atoms with Crippen LogP contribution < -0.4 is 37.9 Å². The van der Waals surface area contributed by atoms with E-state index in [1.807, 2.05) is 0 Å². The lowest BCUT2D eigenvalue weighted by atomic mass is 9.75. The Balaban J connectivity index is 1.13. The summed E-state index contributed by atoms with van der Waals surface area (Å²) in [5.41, 5.74) is 14.9. The molecule has 0 aromatic heterocycles. The molecule has 4 heterocycles.